The van der Waals surface area contributed by atoms with Gasteiger partial charge in [-0.1, -0.05) is 0 Å². The number of rotatable bonds is 5. The highest BCUT2D eigenvalue weighted by atomic mass is 19.4. The third kappa shape index (κ3) is 7.08. The summed E-state index contributed by atoms with van der Waals surface area (Å²) in [6, 6.07) is 0. The fraction of sp³-hybridized carbons (Fsp3) is 0.778. The van der Waals surface area contributed by atoms with E-state index in [1.807, 2.05) is 0 Å². The molecule has 0 aliphatic heterocycles. The summed E-state index contributed by atoms with van der Waals surface area (Å²) in [6.45, 7) is 0.101. The van der Waals surface area contributed by atoms with Gasteiger partial charge >= 0.3 is 12.1 Å². The number of amides is 1. The molecule has 0 aliphatic carbocycles. The summed E-state index contributed by atoms with van der Waals surface area (Å²) in [6.07, 6.45) is -5.59. The van der Waals surface area contributed by atoms with E-state index in [4.69, 9.17) is 0 Å². The number of carbonyl (C=O) groups is 2. The van der Waals surface area contributed by atoms with E-state index in [0.717, 1.165) is 4.90 Å². The Labute approximate surface area is 91.4 Å². The molecule has 0 saturated heterocycles. The fourth-order valence-electron chi connectivity index (χ4n) is 0.994. The standard InChI is InChI=1S/C9H14F3NO3/c1-13(5-3-4-8(15)16-2)7(14)6-9(10,11)12/h3-6H2,1-2H3. The van der Waals surface area contributed by atoms with Crippen molar-refractivity contribution in [2.75, 3.05) is 20.7 Å². The van der Waals surface area contributed by atoms with E-state index in [9.17, 15) is 22.8 Å². The molecule has 16 heavy (non-hydrogen) atoms. The summed E-state index contributed by atoms with van der Waals surface area (Å²) >= 11 is 0. The van der Waals surface area contributed by atoms with Crippen LogP contribution in [0.3, 0.4) is 0 Å². The molecule has 0 heterocycles. The number of hydrogen-bond donors (Lipinski definition) is 0. The van der Waals surface area contributed by atoms with Crippen LogP contribution in [0.25, 0.3) is 0 Å². The van der Waals surface area contributed by atoms with Crippen LogP contribution in [0.15, 0.2) is 0 Å². The maximum absolute atomic E-state index is 11.8. The number of alkyl halides is 3. The number of halogens is 3. The third-order valence-electron chi connectivity index (χ3n) is 1.88. The molecule has 0 aromatic heterocycles. The van der Waals surface area contributed by atoms with Crippen LogP contribution in [-0.4, -0.2) is 43.7 Å². The molecule has 1 amide bonds. The maximum Gasteiger partial charge on any atom is 0.397 e. The highest BCUT2D eigenvalue weighted by Crippen LogP contribution is 2.20. The van der Waals surface area contributed by atoms with Gasteiger partial charge in [0, 0.05) is 20.0 Å². The summed E-state index contributed by atoms with van der Waals surface area (Å²) in [4.78, 5) is 22.6. The molecule has 0 N–H and O–H groups in total. The van der Waals surface area contributed by atoms with Crippen molar-refractivity contribution in [2.45, 2.75) is 25.4 Å². The largest absolute Gasteiger partial charge is 0.469 e. The van der Waals surface area contributed by atoms with Crippen molar-refractivity contribution in [3.05, 3.63) is 0 Å². The zero-order valence-corrected chi connectivity index (χ0v) is 9.13. The Kier molecular flexibility index (Phi) is 5.84. The average Bonchev–Trinajstić information content (AvgIpc) is 2.14. The molecule has 0 unspecified atom stereocenters. The predicted molar refractivity (Wildman–Crippen MR) is 49.6 cm³/mol. The smallest absolute Gasteiger partial charge is 0.397 e. The van der Waals surface area contributed by atoms with Crippen molar-refractivity contribution < 1.29 is 27.5 Å². The van der Waals surface area contributed by atoms with Gasteiger partial charge in [0.15, 0.2) is 0 Å². The number of nitrogens with zero attached hydrogens (tertiary/aromatic N) is 1. The highest BCUT2D eigenvalue weighted by molar-refractivity contribution is 5.76. The minimum Gasteiger partial charge on any atom is -0.469 e. The van der Waals surface area contributed by atoms with Gasteiger partial charge in [0.25, 0.3) is 0 Å². The Morgan fingerprint density at radius 3 is 2.31 bits per heavy atom. The number of hydrogen-bond acceptors (Lipinski definition) is 3. The molecule has 0 aromatic carbocycles. The van der Waals surface area contributed by atoms with Crippen LogP contribution >= 0.6 is 0 Å². The summed E-state index contributed by atoms with van der Waals surface area (Å²) < 4.78 is 39.9. The van der Waals surface area contributed by atoms with Gasteiger partial charge in [0.1, 0.15) is 6.42 Å². The van der Waals surface area contributed by atoms with Gasteiger partial charge in [-0.3, -0.25) is 9.59 Å². The average molecular weight is 241 g/mol. The molecule has 0 rings (SSSR count). The molecule has 94 valence electrons. The summed E-state index contributed by atoms with van der Waals surface area (Å²) in [7, 11) is 2.49. The molecule has 0 atom stereocenters. The van der Waals surface area contributed by atoms with Gasteiger partial charge in [-0.25, -0.2) is 0 Å². The van der Waals surface area contributed by atoms with Crippen molar-refractivity contribution in [2.24, 2.45) is 0 Å². The van der Waals surface area contributed by atoms with Crippen LogP contribution < -0.4 is 0 Å². The van der Waals surface area contributed by atoms with Crippen molar-refractivity contribution in [1.29, 1.82) is 0 Å². The first-order valence-electron chi connectivity index (χ1n) is 4.64. The van der Waals surface area contributed by atoms with Crippen LogP contribution in [0.1, 0.15) is 19.3 Å². The van der Waals surface area contributed by atoms with E-state index >= 15 is 0 Å². The molecule has 0 bridgehead atoms. The Hall–Kier alpha value is -1.27. The van der Waals surface area contributed by atoms with E-state index in [0.29, 0.717) is 0 Å². The highest BCUT2D eigenvalue weighted by Gasteiger charge is 2.32. The number of ether oxygens (including phenoxy) is 1. The SMILES string of the molecule is COC(=O)CCCN(C)C(=O)CC(F)(F)F. The predicted octanol–water partition coefficient (Wildman–Crippen LogP) is 1.35. The third-order valence-corrected chi connectivity index (χ3v) is 1.88. The van der Waals surface area contributed by atoms with E-state index in [-0.39, 0.29) is 19.4 Å². The van der Waals surface area contributed by atoms with Gasteiger partial charge in [-0.05, 0) is 6.42 Å². The minimum absolute atomic E-state index is 0.0835. The van der Waals surface area contributed by atoms with Crippen molar-refractivity contribution in [3.8, 4) is 0 Å². The van der Waals surface area contributed by atoms with Crippen LogP contribution in [-0.2, 0) is 14.3 Å². The Morgan fingerprint density at radius 2 is 1.88 bits per heavy atom. The molecule has 0 fully saturated rings. The van der Waals surface area contributed by atoms with E-state index in [2.05, 4.69) is 4.74 Å². The fourth-order valence-corrected chi connectivity index (χ4v) is 0.994. The molecular formula is C9H14F3NO3. The van der Waals surface area contributed by atoms with Gasteiger partial charge in [0.2, 0.25) is 5.91 Å². The van der Waals surface area contributed by atoms with Gasteiger partial charge in [0.05, 0.1) is 7.11 Å². The normalized spacial score (nSPS) is 11.1. The van der Waals surface area contributed by atoms with Crippen molar-refractivity contribution >= 4 is 11.9 Å². The Morgan fingerprint density at radius 1 is 1.31 bits per heavy atom. The maximum atomic E-state index is 11.8. The molecule has 0 aliphatic rings. The zero-order valence-electron chi connectivity index (χ0n) is 9.13. The molecule has 0 radical (unpaired) electrons. The lowest BCUT2D eigenvalue weighted by atomic mass is 10.3. The van der Waals surface area contributed by atoms with Crippen LogP contribution in [0.4, 0.5) is 13.2 Å². The van der Waals surface area contributed by atoms with Crippen molar-refractivity contribution in [1.82, 2.24) is 4.90 Å². The zero-order chi connectivity index (χ0) is 12.8. The molecule has 4 nitrogen and oxygen atoms in total. The lowest BCUT2D eigenvalue weighted by molar-refractivity contribution is -0.160. The van der Waals surface area contributed by atoms with Crippen LogP contribution in [0.5, 0.6) is 0 Å². The van der Waals surface area contributed by atoms with E-state index < -0.39 is 24.5 Å². The number of carbonyl (C=O) groups excluding carboxylic acids is 2. The summed E-state index contributed by atoms with van der Waals surface area (Å²) in [5.41, 5.74) is 0. The van der Waals surface area contributed by atoms with Gasteiger partial charge in [-0.2, -0.15) is 13.2 Å². The molecule has 0 aromatic rings. The first kappa shape index (κ1) is 14.7. The first-order chi connectivity index (χ1) is 7.26. The topological polar surface area (TPSA) is 46.6 Å². The summed E-state index contributed by atoms with van der Waals surface area (Å²) in [5.74, 6) is -1.45. The second-order valence-corrected chi connectivity index (χ2v) is 3.29. The number of esters is 1. The lowest BCUT2D eigenvalue weighted by Gasteiger charge is -2.17. The molecular weight excluding hydrogens is 227 g/mol. The minimum atomic E-state index is -4.49. The molecule has 7 heteroatoms. The van der Waals surface area contributed by atoms with Crippen LogP contribution in [0, 0.1) is 0 Å². The lowest BCUT2D eigenvalue weighted by Crippen LogP contribution is -2.31. The van der Waals surface area contributed by atoms with E-state index in [1.54, 1.807) is 0 Å². The Bertz CT molecular complexity index is 253. The first-order valence-corrected chi connectivity index (χ1v) is 4.64. The molecule has 0 spiro atoms. The van der Waals surface area contributed by atoms with Crippen molar-refractivity contribution in [3.63, 3.8) is 0 Å². The van der Waals surface area contributed by atoms with Crippen LogP contribution in [0.2, 0.25) is 0 Å². The summed E-state index contributed by atoms with van der Waals surface area (Å²) in [5, 5.41) is 0. The monoisotopic (exact) mass is 241 g/mol. The molecule has 0 saturated carbocycles. The van der Waals surface area contributed by atoms with E-state index in [1.165, 1.54) is 14.2 Å². The second-order valence-electron chi connectivity index (χ2n) is 3.29. The van der Waals surface area contributed by atoms with Gasteiger partial charge < -0.3 is 9.64 Å². The quantitative estimate of drug-likeness (QED) is 0.682. The Balaban J connectivity index is 3.84. The number of methoxy groups -OCH3 is 1. The van der Waals surface area contributed by atoms with Gasteiger partial charge in [-0.15, -0.1) is 0 Å². The second kappa shape index (κ2) is 6.34.